The summed E-state index contributed by atoms with van der Waals surface area (Å²) in [5, 5.41) is 0. The monoisotopic (exact) mass is 298 g/mol. The third-order valence-electron chi connectivity index (χ3n) is 4.51. The van der Waals surface area contributed by atoms with E-state index < -0.39 is 0 Å². The average Bonchev–Trinajstić information content (AvgIpc) is 3.33. The first-order chi connectivity index (χ1) is 11.4. The highest BCUT2D eigenvalue weighted by Gasteiger charge is 2.22. The van der Waals surface area contributed by atoms with Crippen LogP contribution in [0.4, 0.5) is 0 Å². The fraction of sp³-hybridized carbons (Fsp3) is 0.0476. The van der Waals surface area contributed by atoms with Gasteiger partial charge in [0.2, 0.25) is 0 Å². The molecule has 0 N–H and O–H groups in total. The Morgan fingerprint density at radius 3 is 1.96 bits per heavy atom. The number of fused-ring (bicyclic) bond motifs is 3. The quantitative estimate of drug-likeness (QED) is 0.413. The second-order valence-electron chi connectivity index (χ2n) is 5.84. The summed E-state index contributed by atoms with van der Waals surface area (Å²) in [5.74, 6) is 1.73. The Bertz CT molecular complexity index is 977. The molecule has 0 unspecified atom stereocenters. The van der Waals surface area contributed by atoms with Crippen LogP contribution < -0.4 is 0 Å². The van der Waals surface area contributed by atoms with Crippen LogP contribution in [0.25, 0.3) is 33.8 Å². The zero-order valence-corrected chi connectivity index (χ0v) is 12.5. The van der Waals surface area contributed by atoms with Crippen molar-refractivity contribution in [1.29, 1.82) is 0 Å². The van der Waals surface area contributed by atoms with Crippen molar-refractivity contribution in [2.75, 3.05) is 0 Å². The normalized spacial score (nSPS) is 12.2. The molecule has 5 rings (SSSR count). The standard InChI is InChI=1S/C21H14O2/c1-2-6-16-14(5-1)11-15-12-18(20-7-3-9-22-20)19(13-17(15)16)21-8-4-10-23-21/h1-10,12-13H,11H2. The van der Waals surface area contributed by atoms with Crippen molar-refractivity contribution in [2.45, 2.75) is 6.42 Å². The van der Waals surface area contributed by atoms with Crippen molar-refractivity contribution in [3.05, 3.63) is 84.3 Å². The molecular formula is C21H14O2. The maximum absolute atomic E-state index is 5.66. The molecule has 1 aliphatic carbocycles. The van der Waals surface area contributed by atoms with Crippen molar-refractivity contribution in [1.82, 2.24) is 0 Å². The fourth-order valence-corrected chi connectivity index (χ4v) is 3.46. The summed E-state index contributed by atoms with van der Waals surface area (Å²) < 4.78 is 11.3. The van der Waals surface area contributed by atoms with E-state index in [1.807, 2.05) is 24.3 Å². The van der Waals surface area contributed by atoms with Crippen LogP contribution in [0.15, 0.2) is 82.0 Å². The Balaban J connectivity index is 1.80. The van der Waals surface area contributed by atoms with Crippen LogP contribution in [-0.4, -0.2) is 0 Å². The maximum Gasteiger partial charge on any atom is 0.134 e. The first-order valence-corrected chi connectivity index (χ1v) is 7.73. The van der Waals surface area contributed by atoms with Gasteiger partial charge in [0.25, 0.3) is 0 Å². The molecule has 0 atom stereocenters. The zero-order chi connectivity index (χ0) is 15.2. The Hall–Kier alpha value is -3.00. The van der Waals surface area contributed by atoms with Gasteiger partial charge in [-0.2, -0.15) is 0 Å². The van der Waals surface area contributed by atoms with Gasteiger partial charge in [-0.25, -0.2) is 0 Å². The summed E-state index contributed by atoms with van der Waals surface area (Å²) in [5.41, 5.74) is 7.48. The van der Waals surface area contributed by atoms with E-state index in [0.717, 1.165) is 29.1 Å². The van der Waals surface area contributed by atoms with Gasteiger partial charge in [-0.3, -0.25) is 0 Å². The van der Waals surface area contributed by atoms with Crippen molar-refractivity contribution >= 4 is 0 Å². The lowest BCUT2D eigenvalue weighted by molar-refractivity contribution is 0.575. The highest BCUT2D eigenvalue weighted by atomic mass is 16.3. The van der Waals surface area contributed by atoms with Crippen LogP contribution in [0.1, 0.15) is 11.1 Å². The number of hydrogen-bond acceptors (Lipinski definition) is 2. The Labute approximate surface area is 134 Å². The van der Waals surface area contributed by atoms with Gasteiger partial charge in [0.15, 0.2) is 0 Å². The molecule has 0 saturated carbocycles. The Morgan fingerprint density at radius 2 is 1.26 bits per heavy atom. The van der Waals surface area contributed by atoms with E-state index in [1.165, 1.54) is 22.3 Å². The van der Waals surface area contributed by atoms with Crippen molar-refractivity contribution in [3.63, 3.8) is 0 Å². The largest absolute Gasteiger partial charge is 0.464 e. The minimum atomic E-state index is 0.864. The molecule has 0 radical (unpaired) electrons. The van der Waals surface area contributed by atoms with E-state index >= 15 is 0 Å². The Morgan fingerprint density at radius 1 is 0.565 bits per heavy atom. The number of benzene rings is 2. The minimum absolute atomic E-state index is 0.864. The van der Waals surface area contributed by atoms with Crippen molar-refractivity contribution in [3.8, 4) is 33.8 Å². The van der Waals surface area contributed by atoms with Gasteiger partial charge >= 0.3 is 0 Å². The summed E-state index contributed by atoms with van der Waals surface area (Å²) in [6.45, 7) is 0. The van der Waals surface area contributed by atoms with E-state index in [-0.39, 0.29) is 0 Å². The number of furan rings is 2. The molecule has 23 heavy (non-hydrogen) atoms. The number of hydrogen-bond donors (Lipinski definition) is 0. The summed E-state index contributed by atoms with van der Waals surface area (Å²) >= 11 is 0. The van der Waals surface area contributed by atoms with Crippen LogP contribution in [-0.2, 0) is 6.42 Å². The van der Waals surface area contributed by atoms with Gasteiger partial charge in [-0.1, -0.05) is 24.3 Å². The molecule has 2 aromatic heterocycles. The third-order valence-corrected chi connectivity index (χ3v) is 4.51. The van der Waals surface area contributed by atoms with E-state index in [4.69, 9.17) is 8.83 Å². The molecule has 0 fully saturated rings. The highest BCUT2D eigenvalue weighted by Crippen LogP contribution is 2.43. The summed E-state index contributed by atoms with van der Waals surface area (Å²) in [7, 11) is 0. The maximum atomic E-state index is 5.66. The van der Waals surface area contributed by atoms with Crippen LogP contribution in [0.5, 0.6) is 0 Å². The van der Waals surface area contributed by atoms with E-state index in [9.17, 15) is 0 Å². The van der Waals surface area contributed by atoms with Crippen molar-refractivity contribution in [2.24, 2.45) is 0 Å². The first-order valence-electron chi connectivity index (χ1n) is 7.73. The fourth-order valence-electron chi connectivity index (χ4n) is 3.46. The molecule has 1 aliphatic rings. The van der Waals surface area contributed by atoms with E-state index in [2.05, 4.69) is 36.4 Å². The smallest absolute Gasteiger partial charge is 0.134 e. The molecule has 2 nitrogen and oxygen atoms in total. The predicted octanol–water partition coefficient (Wildman–Crippen LogP) is 5.78. The predicted molar refractivity (Wildman–Crippen MR) is 90.1 cm³/mol. The molecule has 2 heteroatoms. The van der Waals surface area contributed by atoms with Gasteiger partial charge in [0.05, 0.1) is 12.5 Å². The summed E-state index contributed by atoms with van der Waals surface area (Å²) in [4.78, 5) is 0. The zero-order valence-electron chi connectivity index (χ0n) is 12.5. The van der Waals surface area contributed by atoms with E-state index in [1.54, 1.807) is 12.5 Å². The van der Waals surface area contributed by atoms with Crippen LogP contribution in [0.2, 0.25) is 0 Å². The molecule has 0 amide bonds. The lowest BCUT2D eigenvalue weighted by Gasteiger charge is -2.10. The molecule has 2 aromatic carbocycles. The van der Waals surface area contributed by atoms with Crippen molar-refractivity contribution < 1.29 is 8.83 Å². The minimum Gasteiger partial charge on any atom is -0.464 e. The van der Waals surface area contributed by atoms with Gasteiger partial charge in [-0.05, 0) is 65.1 Å². The average molecular weight is 298 g/mol. The third kappa shape index (κ3) is 1.88. The first kappa shape index (κ1) is 12.5. The second kappa shape index (κ2) is 4.75. The summed E-state index contributed by atoms with van der Waals surface area (Å²) in [6, 6.07) is 20.9. The molecule has 0 spiro atoms. The topological polar surface area (TPSA) is 26.3 Å². The second-order valence-corrected chi connectivity index (χ2v) is 5.84. The van der Waals surface area contributed by atoms with Gasteiger partial charge in [0, 0.05) is 11.1 Å². The molecule has 0 aliphatic heterocycles. The van der Waals surface area contributed by atoms with Gasteiger partial charge < -0.3 is 8.83 Å². The Kier molecular flexibility index (Phi) is 2.59. The van der Waals surface area contributed by atoms with Crippen LogP contribution >= 0.6 is 0 Å². The number of rotatable bonds is 2. The lowest BCUT2D eigenvalue weighted by Crippen LogP contribution is -1.88. The molecule has 0 bridgehead atoms. The van der Waals surface area contributed by atoms with Gasteiger partial charge in [0.1, 0.15) is 11.5 Å². The summed E-state index contributed by atoms with van der Waals surface area (Å²) in [6.07, 6.45) is 4.39. The van der Waals surface area contributed by atoms with Crippen LogP contribution in [0.3, 0.4) is 0 Å². The molecule has 4 aromatic rings. The SMILES string of the molecule is c1coc(-c2cc3c(cc2-c2ccco2)-c2ccccc2C3)c1. The molecule has 2 heterocycles. The highest BCUT2D eigenvalue weighted by molar-refractivity contribution is 5.88. The molecule has 110 valence electrons. The molecule has 0 saturated heterocycles. The lowest BCUT2D eigenvalue weighted by atomic mass is 9.95. The van der Waals surface area contributed by atoms with Crippen LogP contribution in [0, 0.1) is 0 Å². The van der Waals surface area contributed by atoms with E-state index in [0.29, 0.717) is 0 Å². The molecular weight excluding hydrogens is 284 g/mol. The van der Waals surface area contributed by atoms with Gasteiger partial charge in [-0.15, -0.1) is 0 Å².